The maximum absolute atomic E-state index is 13.5. The Kier molecular flexibility index (Phi) is 19.6. The van der Waals surface area contributed by atoms with Crippen molar-refractivity contribution in [3.05, 3.63) is 141 Å². The summed E-state index contributed by atoms with van der Waals surface area (Å²) in [5, 5.41) is 8.56. The lowest BCUT2D eigenvalue weighted by molar-refractivity contribution is -0.153. The predicted octanol–water partition coefficient (Wildman–Crippen LogP) is 9.42. The number of thiophene rings is 2. The lowest BCUT2D eigenvalue weighted by Crippen LogP contribution is -2.59. The van der Waals surface area contributed by atoms with Crippen molar-refractivity contribution in [1.82, 2.24) is 28.7 Å². The standard InChI is InChI=1S/C66H76N8O10S2/c1-47-43-72(62(76)22-24-66(80)84-46-74-58-42-52(18-14-50(58)16-20-64(74)78)82-38-6-4-28-68-31-35-70(36-32-68)56-10-8-12-60-54(56)26-40-86-60)48(2)44-71(47)61(75)21-23-65(79)83-45-73-57-41-51(17-13-49(57)15-19-63(73)77)81-37-5-3-27-67-29-33-69(34-30-67)55-9-7-11-59-53(55)25-39-85-59/h7-20,25-26,39-42,47-48H,3-6,21-24,27-38,43-46H2,1-2H3/t47-,48+. The summed E-state index contributed by atoms with van der Waals surface area (Å²) in [5.74, 6) is -0.523. The highest BCUT2D eigenvalue weighted by Gasteiger charge is 2.35. The molecule has 452 valence electrons. The molecule has 3 saturated heterocycles. The lowest BCUT2D eigenvalue weighted by atomic mass is 10.1. The van der Waals surface area contributed by atoms with Gasteiger partial charge < -0.3 is 38.5 Å². The second-order valence-corrected chi connectivity index (χ2v) is 24.6. The third kappa shape index (κ3) is 14.5. The Hall–Kier alpha value is -7.78. The first-order valence-corrected chi connectivity index (χ1v) is 32.0. The molecule has 0 unspecified atom stereocenters. The van der Waals surface area contributed by atoms with Crippen LogP contribution in [0.4, 0.5) is 11.4 Å². The fourth-order valence-corrected chi connectivity index (χ4v) is 13.7. The van der Waals surface area contributed by atoms with Gasteiger partial charge in [0.1, 0.15) is 11.5 Å². The molecule has 2 amide bonds. The van der Waals surface area contributed by atoms with E-state index >= 15 is 0 Å². The third-order valence-electron chi connectivity index (χ3n) is 17.0. The zero-order valence-corrected chi connectivity index (χ0v) is 50.8. The molecule has 4 aromatic carbocycles. The van der Waals surface area contributed by atoms with Gasteiger partial charge in [0.15, 0.2) is 13.5 Å². The quantitative estimate of drug-likeness (QED) is 0.0414. The van der Waals surface area contributed by atoms with Gasteiger partial charge in [-0.25, -0.2) is 0 Å². The van der Waals surface area contributed by atoms with E-state index in [1.165, 1.54) is 52.8 Å². The number of anilines is 2. The van der Waals surface area contributed by atoms with Crippen LogP contribution in [0.3, 0.4) is 0 Å². The van der Waals surface area contributed by atoms with Gasteiger partial charge in [-0.1, -0.05) is 12.1 Å². The molecule has 8 aromatic rings. The summed E-state index contributed by atoms with van der Waals surface area (Å²) < 4.78 is 28.8. The fourth-order valence-electron chi connectivity index (χ4n) is 12.1. The van der Waals surface area contributed by atoms with E-state index in [1.54, 1.807) is 56.7 Å². The van der Waals surface area contributed by atoms with Gasteiger partial charge in [0.2, 0.25) is 11.8 Å². The summed E-state index contributed by atoms with van der Waals surface area (Å²) in [6, 6.07) is 34.3. The number of hydrogen-bond acceptors (Lipinski definition) is 16. The number of benzene rings is 4. The van der Waals surface area contributed by atoms with E-state index in [4.69, 9.17) is 18.9 Å². The van der Waals surface area contributed by atoms with Crippen LogP contribution in [-0.4, -0.2) is 156 Å². The Morgan fingerprint density at radius 3 is 1.34 bits per heavy atom. The van der Waals surface area contributed by atoms with Crippen LogP contribution in [0.15, 0.2) is 130 Å². The Bertz CT molecular complexity index is 3560. The van der Waals surface area contributed by atoms with Crippen molar-refractivity contribution in [2.45, 2.75) is 90.8 Å². The number of hydrogen-bond donors (Lipinski definition) is 0. The normalized spacial score (nSPS) is 17.0. The molecule has 7 heterocycles. The number of rotatable bonds is 24. The number of aromatic nitrogens is 2. The topological polar surface area (TPSA) is 169 Å². The van der Waals surface area contributed by atoms with Crippen LogP contribution < -0.4 is 30.4 Å². The molecule has 11 rings (SSSR count). The highest BCUT2D eigenvalue weighted by molar-refractivity contribution is 7.17. The first-order valence-electron chi connectivity index (χ1n) is 30.2. The van der Waals surface area contributed by atoms with Crippen LogP contribution in [-0.2, 0) is 42.1 Å². The molecule has 0 spiro atoms. The van der Waals surface area contributed by atoms with Crippen LogP contribution in [0.5, 0.6) is 11.5 Å². The van der Waals surface area contributed by atoms with E-state index in [0.29, 0.717) is 35.7 Å². The van der Waals surface area contributed by atoms with E-state index in [2.05, 4.69) is 78.9 Å². The number of carbonyl (C=O) groups excluding carboxylic acids is 4. The van der Waals surface area contributed by atoms with E-state index in [9.17, 15) is 28.8 Å². The molecular weight excluding hydrogens is 1130 g/mol. The molecule has 18 nitrogen and oxygen atoms in total. The zero-order valence-electron chi connectivity index (χ0n) is 49.1. The van der Waals surface area contributed by atoms with Crippen molar-refractivity contribution >= 4 is 99.8 Å². The van der Waals surface area contributed by atoms with Crippen LogP contribution >= 0.6 is 22.7 Å². The molecule has 3 fully saturated rings. The Morgan fingerprint density at radius 2 is 0.907 bits per heavy atom. The number of amides is 2. The molecular formula is C66H76N8O10S2. The number of unbranched alkanes of at least 4 members (excludes halogenated alkanes) is 2. The van der Waals surface area contributed by atoms with E-state index in [1.807, 2.05) is 38.1 Å². The molecule has 4 aromatic heterocycles. The number of esters is 2. The summed E-state index contributed by atoms with van der Waals surface area (Å²) in [6.07, 6.45) is 3.16. The SMILES string of the molecule is C[C@@H]1CN(C(=O)CCC(=O)OCn2c(=O)ccc3ccc(OCCCCN4CCN(c5cccc6sccc56)CC4)cc32)[C@@H](C)CN1C(=O)CCC(=O)OCn1c(=O)ccc2ccc(OCCCCN3CCN(c4cccc5sccc45)CC3)cc21. The summed E-state index contributed by atoms with van der Waals surface area (Å²) in [6.45, 7) is 14.7. The highest BCUT2D eigenvalue weighted by atomic mass is 32.1. The second-order valence-electron chi connectivity index (χ2n) is 22.7. The monoisotopic (exact) mass is 1200 g/mol. The summed E-state index contributed by atoms with van der Waals surface area (Å²) in [7, 11) is 0. The molecule has 3 aliphatic rings. The van der Waals surface area contributed by atoms with Gasteiger partial charge in [-0.15, -0.1) is 22.7 Å². The Labute approximate surface area is 508 Å². The maximum atomic E-state index is 13.5. The number of nitrogens with zero attached hydrogens (tertiary/aromatic N) is 8. The van der Waals surface area contributed by atoms with Crippen molar-refractivity contribution in [3.8, 4) is 11.5 Å². The van der Waals surface area contributed by atoms with Crippen LogP contribution in [0, 0.1) is 0 Å². The highest BCUT2D eigenvalue weighted by Crippen LogP contribution is 2.33. The largest absolute Gasteiger partial charge is 0.494 e. The average Bonchev–Trinajstić information content (AvgIpc) is 2.53. The van der Waals surface area contributed by atoms with Gasteiger partial charge in [-0.2, -0.15) is 0 Å². The predicted molar refractivity (Wildman–Crippen MR) is 340 cm³/mol. The molecule has 0 bridgehead atoms. The minimum atomic E-state index is -0.623. The number of ether oxygens (including phenoxy) is 4. The molecule has 3 aliphatic heterocycles. The molecule has 2 atom stereocenters. The minimum Gasteiger partial charge on any atom is -0.494 e. The number of piperazine rings is 3. The number of fused-ring (bicyclic) bond motifs is 4. The fraction of sp³-hybridized carbons (Fsp3) is 0.424. The number of pyridine rings is 2. The summed E-state index contributed by atoms with van der Waals surface area (Å²) >= 11 is 3.56. The van der Waals surface area contributed by atoms with Gasteiger partial charge in [-0.05, 0) is 147 Å². The minimum absolute atomic E-state index is 0.108. The van der Waals surface area contributed by atoms with E-state index < -0.39 is 11.9 Å². The van der Waals surface area contributed by atoms with E-state index in [0.717, 1.165) is 102 Å². The van der Waals surface area contributed by atoms with Gasteiger partial charge in [0.25, 0.3) is 11.1 Å². The van der Waals surface area contributed by atoms with Gasteiger partial charge in [-0.3, -0.25) is 47.7 Å². The zero-order chi connectivity index (χ0) is 59.5. The molecule has 0 radical (unpaired) electrons. The van der Waals surface area contributed by atoms with Gasteiger partial charge >= 0.3 is 11.9 Å². The van der Waals surface area contributed by atoms with Gasteiger partial charge in [0.05, 0.1) is 37.1 Å². The second kappa shape index (κ2) is 28.2. The van der Waals surface area contributed by atoms with Crippen molar-refractivity contribution < 1.29 is 38.1 Å². The smallest absolute Gasteiger partial charge is 0.308 e. The first-order chi connectivity index (χ1) is 41.9. The van der Waals surface area contributed by atoms with Crippen LogP contribution in [0.25, 0.3) is 42.0 Å². The third-order valence-corrected chi connectivity index (χ3v) is 18.8. The van der Waals surface area contributed by atoms with Crippen LogP contribution in [0.1, 0.15) is 65.2 Å². The summed E-state index contributed by atoms with van der Waals surface area (Å²) in [5.41, 5.74) is 3.11. The summed E-state index contributed by atoms with van der Waals surface area (Å²) in [4.78, 5) is 92.7. The molecule has 0 aliphatic carbocycles. The van der Waals surface area contributed by atoms with Crippen molar-refractivity contribution in [2.24, 2.45) is 0 Å². The molecule has 0 N–H and O–H groups in total. The van der Waals surface area contributed by atoms with Crippen LogP contribution in [0.2, 0.25) is 0 Å². The Morgan fingerprint density at radius 1 is 0.488 bits per heavy atom. The van der Waals surface area contributed by atoms with Crippen molar-refractivity contribution in [2.75, 3.05) is 102 Å². The Balaban J connectivity index is 0.568. The van der Waals surface area contributed by atoms with Gasteiger partial charge in [0, 0.05) is 146 Å². The molecule has 0 saturated carbocycles. The molecule has 86 heavy (non-hydrogen) atoms. The molecule has 20 heteroatoms. The van der Waals surface area contributed by atoms with E-state index in [-0.39, 0.29) is 87.3 Å². The lowest BCUT2D eigenvalue weighted by Gasteiger charge is -2.44. The maximum Gasteiger partial charge on any atom is 0.308 e. The van der Waals surface area contributed by atoms with Crippen molar-refractivity contribution in [1.29, 1.82) is 0 Å². The number of carbonyl (C=O) groups is 4. The van der Waals surface area contributed by atoms with Crippen molar-refractivity contribution in [3.63, 3.8) is 0 Å². The average molecular weight is 1210 g/mol. The first kappa shape index (κ1) is 59.9.